The van der Waals surface area contributed by atoms with Gasteiger partial charge in [0.15, 0.2) is 0 Å². The van der Waals surface area contributed by atoms with Crippen LogP contribution in [0.15, 0.2) is 158 Å². The van der Waals surface area contributed by atoms with E-state index in [1.807, 2.05) is 49.1 Å². The topological polar surface area (TPSA) is 62.7 Å². The number of fused-ring (bicyclic) bond motifs is 8. The highest BCUT2D eigenvalue weighted by Gasteiger charge is 2.30. The van der Waals surface area contributed by atoms with Gasteiger partial charge in [0.2, 0.25) is 0 Å². The van der Waals surface area contributed by atoms with Crippen molar-refractivity contribution in [3.63, 3.8) is 0 Å². The van der Waals surface area contributed by atoms with E-state index in [4.69, 9.17) is 18.9 Å². The molecule has 6 heteroatoms. The van der Waals surface area contributed by atoms with E-state index in [2.05, 4.69) is 202 Å². The summed E-state index contributed by atoms with van der Waals surface area (Å²) in [7, 11) is 0. The lowest BCUT2D eigenvalue weighted by Gasteiger charge is -2.29. The minimum absolute atomic E-state index is 0.176. The van der Waals surface area contributed by atoms with Crippen LogP contribution in [0, 0.1) is 0 Å². The summed E-state index contributed by atoms with van der Waals surface area (Å²) < 4.78 is 29.1. The van der Waals surface area contributed by atoms with E-state index in [9.17, 15) is 0 Å². The lowest BCUT2D eigenvalue weighted by atomic mass is 9.79. The highest BCUT2D eigenvalue weighted by molar-refractivity contribution is 5.60. The maximum absolute atomic E-state index is 7.29. The Hall–Kier alpha value is -7.18. The summed E-state index contributed by atoms with van der Waals surface area (Å²) in [6, 6.07) is 48.4. The quantitative estimate of drug-likeness (QED) is 0.122. The second-order valence-electron chi connectivity index (χ2n) is 25.0. The number of rotatable bonds is 12. The zero-order valence-corrected chi connectivity index (χ0v) is 47.2. The zero-order chi connectivity index (χ0) is 53.8. The first kappa shape index (κ1) is 53.6. The van der Waals surface area contributed by atoms with E-state index < -0.39 is 0 Å². The van der Waals surface area contributed by atoms with E-state index in [0.29, 0.717) is 52.1 Å². The predicted molar refractivity (Wildman–Crippen MR) is 310 cm³/mol. The molecule has 76 heavy (non-hydrogen) atoms. The Bertz CT molecular complexity index is 2730. The van der Waals surface area contributed by atoms with Crippen molar-refractivity contribution in [3.05, 3.63) is 247 Å². The molecule has 0 fully saturated rings. The van der Waals surface area contributed by atoms with E-state index in [0.717, 1.165) is 89.8 Å². The van der Waals surface area contributed by atoms with Crippen molar-refractivity contribution in [3.8, 4) is 23.0 Å². The maximum Gasteiger partial charge on any atom is 0.126 e. The second kappa shape index (κ2) is 22.2. The molecule has 392 valence electrons. The van der Waals surface area contributed by atoms with Gasteiger partial charge >= 0.3 is 0 Å². The maximum atomic E-state index is 7.29. The first-order valence-electron chi connectivity index (χ1n) is 27.2. The standard InChI is InChI=1S/C70H78N2O4/c1-67(2,3)59-35-51-31-55-39-61(69(7,8)9)41-57(65(55)75-45-49-23-27-71-28-24-49)33-53-37-60(68(4,5)6)38-54(64(53)74-44-48-21-17-14-18-22-48)34-58-42-62(70(10,11)12)40-56(66(58)76-46-50-25-29-72-30-26-50)32-52(36-59)63(51)73-43-47-19-15-13-16-20-47/h13-30,35-42H,31-34,43-46H2,1-12H3. The first-order chi connectivity index (χ1) is 36.2. The lowest BCUT2D eigenvalue weighted by Crippen LogP contribution is -2.17. The van der Waals surface area contributed by atoms with Crippen LogP contribution in [-0.2, 0) is 73.8 Å². The second-order valence-corrected chi connectivity index (χ2v) is 25.0. The molecule has 1 aliphatic carbocycles. The SMILES string of the molecule is CC(C)(C)c1cc2c(OCc3ccccc3)c(c1)Cc1cc(C(C)(C)C)cc(c1OCc1ccncc1)Cc1cc(C(C)(C)C)cc(c1OCc1ccccc1)Cc1cc(C(C)(C)C)cc(c1OCc1ccncc1)C2. The molecule has 8 aromatic rings. The highest BCUT2D eigenvalue weighted by atomic mass is 16.5. The van der Waals surface area contributed by atoms with Crippen molar-refractivity contribution in [1.82, 2.24) is 9.97 Å². The van der Waals surface area contributed by atoms with E-state index in [1.54, 1.807) is 0 Å². The van der Waals surface area contributed by atoms with Crippen LogP contribution in [0.4, 0.5) is 0 Å². The van der Waals surface area contributed by atoms with Gasteiger partial charge in [-0.25, -0.2) is 0 Å². The largest absolute Gasteiger partial charge is 0.488 e. The number of ether oxygens (including phenoxy) is 4. The molecule has 9 rings (SSSR count). The van der Waals surface area contributed by atoms with Crippen LogP contribution >= 0.6 is 0 Å². The zero-order valence-electron chi connectivity index (χ0n) is 47.2. The van der Waals surface area contributed by atoms with Crippen LogP contribution < -0.4 is 18.9 Å². The number of nitrogens with zero attached hydrogens (tertiary/aromatic N) is 2. The number of benzene rings is 6. The van der Waals surface area contributed by atoms with E-state index >= 15 is 0 Å². The molecule has 6 nitrogen and oxygen atoms in total. The molecule has 0 atom stereocenters. The third-order valence-corrected chi connectivity index (χ3v) is 14.7. The van der Waals surface area contributed by atoms with Crippen LogP contribution in [-0.4, -0.2) is 9.97 Å². The van der Waals surface area contributed by atoms with Gasteiger partial charge in [-0.3, -0.25) is 9.97 Å². The van der Waals surface area contributed by atoms with Crippen LogP contribution in [0.5, 0.6) is 23.0 Å². The van der Waals surface area contributed by atoms with E-state index in [1.165, 1.54) is 22.3 Å². The summed E-state index contributed by atoms with van der Waals surface area (Å²) in [6.07, 6.45) is 9.67. The van der Waals surface area contributed by atoms with Crippen molar-refractivity contribution in [2.75, 3.05) is 0 Å². The van der Waals surface area contributed by atoms with Gasteiger partial charge in [-0.1, -0.05) is 192 Å². The molecule has 0 amide bonds. The minimum atomic E-state index is -0.176. The van der Waals surface area contributed by atoms with Crippen molar-refractivity contribution in [2.24, 2.45) is 0 Å². The van der Waals surface area contributed by atoms with Crippen molar-refractivity contribution >= 4 is 0 Å². The summed E-state index contributed by atoms with van der Waals surface area (Å²) in [5, 5.41) is 0. The van der Waals surface area contributed by atoms with Gasteiger partial charge in [0.05, 0.1) is 0 Å². The summed E-state index contributed by atoms with van der Waals surface area (Å²) in [4.78, 5) is 8.69. The van der Waals surface area contributed by atoms with Gasteiger partial charge in [0.1, 0.15) is 49.4 Å². The summed E-state index contributed by atoms with van der Waals surface area (Å²) in [5.41, 5.74) is 17.5. The molecule has 0 unspecified atom stereocenters. The van der Waals surface area contributed by atoms with Gasteiger partial charge in [-0.05, 0) is 135 Å². The Labute approximate surface area is 453 Å². The Kier molecular flexibility index (Phi) is 15.7. The smallest absolute Gasteiger partial charge is 0.126 e. The van der Waals surface area contributed by atoms with Crippen LogP contribution in [0.3, 0.4) is 0 Å². The molecule has 0 radical (unpaired) electrons. The summed E-state index contributed by atoms with van der Waals surface area (Å²) in [6.45, 7) is 29.4. The van der Waals surface area contributed by atoms with Crippen LogP contribution in [0.2, 0.25) is 0 Å². The predicted octanol–water partition coefficient (Wildman–Crippen LogP) is 16.7. The van der Waals surface area contributed by atoms with Crippen molar-refractivity contribution < 1.29 is 18.9 Å². The molecule has 0 N–H and O–H groups in total. The van der Waals surface area contributed by atoms with Gasteiger partial charge in [0, 0.05) is 50.5 Å². The fraction of sp³-hybridized carbons (Fsp3) is 0.343. The molecule has 2 heterocycles. The normalized spacial score (nSPS) is 13.0. The fourth-order valence-corrected chi connectivity index (χ4v) is 10.1. The highest BCUT2D eigenvalue weighted by Crippen LogP contribution is 2.45. The van der Waals surface area contributed by atoms with Gasteiger partial charge in [0.25, 0.3) is 0 Å². The number of aromatic nitrogens is 2. The van der Waals surface area contributed by atoms with Gasteiger partial charge < -0.3 is 18.9 Å². The van der Waals surface area contributed by atoms with Crippen LogP contribution in [0.1, 0.15) is 172 Å². The molecular weight excluding hydrogens is 933 g/mol. The minimum Gasteiger partial charge on any atom is -0.488 e. The molecule has 6 aromatic carbocycles. The van der Waals surface area contributed by atoms with E-state index in [-0.39, 0.29) is 21.7 Å². The Morgan fingerprint density at radius 1 is 0.289 bits per heavy atom. The first-order valence-corrected chi connectivity index (χ1v) is 27.2. The lowest BCUT2D eigenvalue weighted by molar-refractivity contribution is 0.293. The molecule has 8 bridgehead atoms. The fourth-order valence-electron chi connectivity index (χ4n) is 10.1. The number of hydrogen-bond donors (Lipinski definition) is 0. The molecule has 0 saturated heterocycles. The molecule has 1 aliphatic rings. The van der Waals surface area contributed by atoms with Gasteiger partial charge in [-0.15, -0.1) is 0 Å². The van der Waals surface area contributed by atoms with Crippen molar-refractivity contribution in [2.45, 2.75) is 157 Å². The average molecular weight is 1010 g/mol. The van der Waals surface area contributed by atoms with Gasteiger partial charge in [-0.2, -0.15) is 0 Å². The molecule has 0 spiro atoms. The van der Waals surface area contributed by atoms with Crippen molar-refractivity contribution in [1.29, 1.82) is 0 Å². The third-order valence-electron chi connectivity index (χ3n) is 14.7. The molecule has 0 saturated carbocycles. The summed E-state index contributed by atoms with van der Waals surface area (Å²) >= 11 is 0. The number of pyridine rings is 2. The monoisotopic (exact) mass is 1010 g/mol. The number of hydrogen-bond acceptors (Lipinski definition) is 6. The Morgan fingerprint density at radius 2 is 0.487 bits per heavy atom. The molecular formula is C70H78N2O4. The summed E-state index contributed by atoms with van der Waals surface area (Å²) in [5.74, 6) is 3.56. The van der Waals surface area contributed by atoms with Crippen LogP contribution in [0.25, 0.3) is 0 Å². The Morgan fingerprint density at radius 3 is 0.684 bits per heavy atom. The molecule has 0 aliphatic heterocycles. The third kappa shape index (κ3) is 13.1. The average Bonchev–Trinajstić information content (AvgIpc) is 3.41. The molecule has 2 aromatic heterocycles. The Balaban J connectivity index is 1.38.